The fourth-order valence-corrected chi connectivity index (χ4v) is 2.27. The van der Waals surface area contributed by atoms with Crippen molar-refractivity contribution < 1.29 is 9.59 Å². The van der Waals surface area contributed by atoms with Gasteiger partial charge in [-0.05, 0) is 24.3 Å². The first kappa shape index (κ1) is 15.0. The molecule has 0 saturated carbocycles. The highest BCUT2D eigenvalue weighted by Gasteiger charge is 2.08. The summed E-state index contributed by atoms with van der Waals surface area (Å²) >= 11 is 1.31. The number of amides is 2. The van der Waals surface area contributed by atoms with E-state index in [9.17, 15) is 9.59 Å². The van der Waals surface area contributed by atoms with Crippen molar-refractivity contribution in [3.05, 3.63) is 36.2 Å². The first-order valence-electron chi connectivity index (χ1n) is 6.19. The van der Waals surface area contributed by atoms with Gasteiger partial charge in [0.15, 0.2) is 5.16 Å². The van der Waals surface area contributed by atoms with Crippen molar-refractivity contribution in [1.82, 2.24) is 20.1 Å². The second kappa shape index (κ2) is 6.89. The third-order valence-corrected chi connectivity index (χ3v) is 3.69. The van der Waals surface area contributed by atoms with E-state index in [1.54, 1.807) is 42.2 Å². The number of hydrogen-bond acceptors (Lipinski definition) is 5. The minimum absolute atomic E-state index is 0.143. The molecule has 21 heavy (non-hydrogen) atoms. The third kappa shape index (κ3) is 4.06. The van der Waals surface area contributed by atoms with Crippen molar-refractivity contribution in [2.24, 2.45) is 7.05 Å². The number of carbonyl (C=O) groups excluding carboxylic acids is 2. The molecule has 110 valence electrons. The molecule has 2 amide bonds. The number of benzene rings is 1. The van der Waals surface area contributed by atoms with Crippen LogP contribution in [0, 0.1) is 0 Å². The lowest BCUT2D eigenvalue weighted by Crippen LogP contribution is -2.18. The summed E-state index contributed by atoms with van der Waals surface area (Å²) in [5, 5.41) is 13.6. The zero-order chi connectivity index (χ0) is 15.2. The van der Waals surface area contributed by atoms with Gasteiger partial charge in [0.25, 0.3) is 5.91 Å². The van der Waals surface area contributed by atoms with E-state index in [-0.39, 0.29) is 17.6 Å². The minimum Gasteiger partial charge on any atom is -0.355 e. The van der Waals surface area contributed by atoms with Gasteiger partial charge in [-0.15, -0.1) is 10.2 Å². The monoisotopic (exact) mass is 305 g/mol. The number of thioether (sulfide) groups is 1. The molecule has 0 atom stereocenters. The summed E-state index contributed by atoms with van der Waals surface area (Å²) in [4.78, 5) is 23.2. The van der Waals surface area contributed by atoms with Gasteiger partial charge in [-0.2, -0.15) is 0 Å². The predicted molar refractivity (Wildman–Crippen MR) is 80.2 cm³/mol. The SMILES string of the molecule is CNC(=O)c1ccc(NC(=O)CSc2nncn2C)cc1. The van der Waals surface area contributed by atoms with Crippen molar-refractivity contribution in [3.63, 3.8) is 0 Å². The van der Waals surface area contributed by atoms with Crippen molar-refractivity contribution in [1.29, 1.82) is 0 Å². The fraction of sp³-hybridized carbons (Fsp3) is 0.231. The molecule has 0 saturated heterocycles. The Labute approximate surface area is 126 Å². The standard InChI is InChI=1S/C13H15N5O2S/c1-14-12(20)9-3-5-10(6-4-9)16-11(19)7-21-13-17-15-8-18(13)2/h3-6,8H,7H2,1-2H3,(H,14,20)(H,16,19). The molecule has 7 nitrogen and oxygen atoms in total. The highest BCUT2D eigenvalue weighted by Crippen LogP contribution is 2.14. The summed E-state index contributed by atoms with van der Waals surface area (Å²) in [6.45, 7) is 0. The third-order valence-electron chi connectivity index (χ3n) is 2.66. The topological polar surface area (TPSA) is 88.9 Å². The van der Waals surface area contributed by atoms with E-state index in [1.165, 1.54) is 11.8 Å². The molecular weight excluding hydrogens is 290 g/mol. The minimum atomic E-state index is -0.161. The second-order valence-electron chi connectivity index (χ2n) is 4.22. The first-order valence-corrected chi connectivity index (χ1v) is 7.17. The quantitative estimate of drug-likeness (QED) is 0.801. The van der Waals surface area contributed by atoms with Crippen LogP contribution in [-0.4, -0.2) is 39.4 Å². The van der Waals surface area contributed by atoms with E-state index >= 15 is 0 Å². The summed E-state index contributed by atoms with van der Waals surface area (Å²) in [5.74, 6) is -0.0644. The maximum atomic E-state index is 11.8. The van der Waals surface area contributed by atoms with Crippen LogP contribution in [0.25, 0.3) is 0 Å². The Morgan fingerprint density at radius 1 is 1.29 bits per heavy atom. The zero-order valence-corrected chi connectivity index (χ0v) is 12.5. The van der Waals surface area contributed by atoms with E-state index in [4.69, 9.17) is 0 Å². The van der Waals surface area contributed by atoms with Crippen LogP contribution in [0.15, 0.2) is 35.7 Å². The maximum Gasteiger partial charge on any atom is 0.251 e. The van der Waals surface area contributed by atoms with Crippen LogP contribution < -0.4 is 10.6 Å². The van der Waals surface area contributed by atoms with Gasteiger partial charge >= 0.3 is 0 Å². The van der Waals surface area contributed by atoms with Crippen LogP contribution >= 0.6 is 11.8 Å². The number of nitrogens with one attached hydrogen (secondary N) is 2. The molecular formula is C13H15N5O2S. The Kier molecular flexibility index (Phi) is 4.94. The molecule has 2 N–H and O–H groups in total. The van der Waals surface area contributed by atoms with Crippen LogP contribution in [0.4, 0.5) is 5.69 Å². The number of aromatic nitrogens is 3. The van der Waals surface area contributed by atoms with Crippen LogP contribution in [0.5, 0.6) is 0 Å². The summed E-state index contributed by atoms with van der Waals surface area (Å²) in [7, 11) is 3.39. The van der Waals surface area contributed by atoms with Crippen molar-refractivity contribution in [2.45, 2.75) is 5.16 Å². The smallest absolute Gasteiger partial charge is 0.251 e. The Balaban J connectivity index is 1.88. The van der Waals surface area contributed by atoms with E-state index < -0.39 is 0 Å². The predicted octanol–water partition coefficient (Wildman–Crippen LogP) is 0.905. The average molecular weight is 305 g/mol. The van der Waals surface area contributed by atoms with Gasteiger partial charge in [-0.3, -0.25) is 9.59 Å². The highest BCUT2D eigenvalue weighted by atomic mass is 32.2. The van der Waals surface area contributed by atoms with Gasteiger partial charge < -0.3 is 15.2 Å². The average Bonchev–Trinajstić information content (AvgIpc) is 2.90. The Bertz CT molecular complexity index is 638. The Morgan fingerprint density at radius 2 is 2.00 bits per heavy atom. The van der Waals surface area contributed by atoms with Crippen LogP contribution in [0.3, 0.4) is 0 Å². The molecule has 2 rings (SSSR count). The van der Waals surface area contributed by atoms with Crippen LogP contribution in [-0.2, 0) is 11.8 Å². The number of hydrogen-bond donors (Lipinski definition) is 2. The summed E-state index contributed by atoms with van der Waals surface area (Å²) in [5.41, 5.74) is 1.19. The van der Waals surface area contributed by atoms with Gasteiger partial charge in [0.05, 0.1) is 5.75 Å². The normalized spacial score (nSPS) is 10.2. The molecule has 0 aliphatic rings. The van der Waals surface area contributed by atoms with Gasteiger partial charge in [0.2, 0.25) is 5.91 Å². The molecule has 0 unspecified atom stereocenters. The number of rotatable bonds is 5. The number of carbonyl (C=O) groups is 2. The molecule has 1 heterocycles. The molecule has 0 spiro atoms. The molecule has 0 aliphatic heterocycles. The molecule has 1 aromatic heterocycles. The summed E-state index contributed by atoms with van der Waals surface area (Å²) in [6, 6.07) is 6.69. The molecule has 2 aromatic rings. The van der Waals surface area contributed by atoms with Crippen LogP contribution in [0.1, 0.15) is 10.4 Å². The van der Waals surface area contributed by atoms with Crippen molar-refractivity contribution in [3.8, 4) is 0 Å². The molecule has 1 aromatic carbocycles. The van der Waals surface area contributed by atoms with E-state index in [0.29, 0.717) is 16.4 Å². The number of nitrogens with zero attached hydrogens (tertiary/aromatic N) is 3. The molecule has 0 radical (unpaired) electrons. The molecule has 8 heteroatoms. The lowest BCUT2D eigenvalue weighted by molar-refractivity contribution is -0.113. The Hall–Kier alpha value is -2.35. The number of aryl methyl sites for hydroxylation is 1. The molecule has 0 aliphatic carbocycles. The fourth-order valence-electron chi connectivity index (χ4n) is 1.58. The van der Waals surface area contributed by atoms with Crippen molar-refractivity contribution >= 4 is 29.3 Å². The highest BCUT2D eigenvalue weighted by molar-refractivity contribution is 7.99. The maximum absolute atomic E-state index is 11.8. The largest absolute Gasteiger partial charge is 0.355 e. The van der Waals surface area contributed by atoms with Crippen LogP contribution in [0.2, 0.25) is 0 Å². The molecule has 0 bridgehead atoms. The van der Waals surface area contributed by atoms with Gasteiger partial charge in [0, 0.05) is 25.3 Å². The Morgan fingerprint density at radius 3 is 2.57 bits per heavy atom. The zero-order valence-electron chi connectivity index (χ0n) is 11.7. The summed E-state index contributed by atoms with van der Waals surface area (Å²) < 4.78 is 1.75. The second-order valence-corrected chi connectivity index (χ2v) is 5.16. The number of anilines is 1. The first-order chi connectivity index (χ1) is 10.1. The lowest BCUT2D eigenvalue weighted by Gasteiger charge is -2.06. The van der Waals surface area contributed by atoms with Gasteiger partial charge in [-0.25, -0.2) is 0 Å². The van der Waals surface area contributed by atoms with E-state index in [0.717, 1.165) is 0 Å². The van der Waals surface area contributed by atoms with Gasteiger partial charge in [0.1, 0.15) is 6.33 Å². The van der Waals surface area contributed by atoms with E-state index in [2.05, 4.69) is 20.8 Å². The van der Waals surface area contributed by atoms with Gasteiger partial charge in [-0.1, -0.05) is 11.8 Å². The lowest BCUT2D eigenvalue weighted by atomic mass is 10.2. The van der Waals surface area contributed by atoms with Crippen molar-refractivity contribution in [2.75, 3.05) is 18.1 Å². The van der Waals surface area contributed by atoms with E-state index in [1.807, 2.05) is 7.05 Å². The molecule has 0 fully saturated rings. The summed E-state index contributed by atoms with van der Waals surface area (Å²) in [6.07, 6.45) is 1.58.